The molecular formula is C26H40N4O8. The van der Waals surface area contributed by atoms with E-state index in [1.165, 1.54) is 26.0 Å². The third kappa shape index (κ3) is 10.8. The van der Waals surface area contributed by atoms with Crippen LogP contribution < -0.4 is 21.3 Å². The van der Waals surface area contributed by atoms with Crippen LogP contribution in [0.1, 0.15) is 53.5 Å². The third-order valence-electron chi connectivity index (χ3n) is 5.70. The van der Waals surface area contributed by atoms with E-state index in [2.05, 4.69) is 21.3 Å². The lowest BCUT2D eigenvalue weighted by Gasteiger charge is -2.28. The van der Waals surface area contributed by atoms with E-state index in [-0.39, 0.29) is 24.5 Å². The number of aliphatic hydroxyl groups is 1. The number of phenolic OH excluding ortho intramolecular Hbond substituents is 1. The molecule has 1 aromatic rings. The van der Waals surface area contributed by atoms with Crippen LogP contribution in [0, 0.1) is 11.8 Å². The molecule has 0 saturated heterocycles. The molecule has 0 saturated carbocycles. The second-order valence-corrected chi connectivity index (χ2v) is 10.1. The number of carbonyl (C=O) groups is 5. The normalized spacial score (nSPS) is 15.1. The molecular weight excluding hydrogens is 496 g/mol. The fourth-order valence-electron chi connectivity index (χ4n) is 3.71. The molecule has 4 amide bonds. The average molecular weight is 537 g/mol. The lowest BCUT2D eigenvalue weighted by molar-refractivity contribution is -0.143. The first-order valence-electron chi connectivity index (χ1n) is 12.5. The maximum Gasteiger partial charge on any atom is 0.326 e. The van der Waals surface area contributed by atoms with Gasteiger partial charge in [0.15, 0.2) is 0 Å². The molecule has 0 aliphatic rings. The van der Waals surface area contributed by atoms with Crippen molar-refractivity contribution >= 4 is 29.6 Å². The van der Waals surface area contributed by atoms with Gasteiger partial charge in [0.05, 0.1) is 6.10 Å². The van der Waals surface area contributed by atoms with Gasteiger partial charge < -0.3 is 36.6 Å². The van der Waals surface area contributed by atoms with Crippen molar-refractivity contribution in [3.05, 3.63) is 29.8 Å². The minimum atomic E-state index is -1.47. The third-order valence-corrected chi connectivity index (χ3v) is 5.70. The van der Waals surface area contributed by atoms with Gasteiger partial charge in [-0.3, -0.25) is 19.2 Å². The van der Waals surface area contributed by atoms with Crippen molar-refractivity contribution in [1.82, 2.24) is 21.3 Å². The van der Waals surface area contributed by atoms with Crippen molar-refractivity contribution in [2.75, 3.05) is 0 Å². The molecule has 0 bridgehead atoms. The standard InChI is InChI=1S/C26H40N4O8/c1-13(2)11-20(26(37)38)28-24(35)21(14(3)4)29-25(36)22(15(5)31)30-23(34)19(27-16(6)32)12-17-7-9-18(33)10-8-17/h7-10,13-15,19-22,31,33H,11-12H2,1-6H3,(H,27,32)(H,28,35)(H,29,36)(H,30,34)(H,37,38). The summed E-state index contributed by atoms with van der Waals surface area (Å²) in [5.41, 5.74) is 0.626. The number of rotatable bonds is 14. The summed E-state index contributed by atoms with van der Waals surface area (Å²) in [5.74, 6) is -4.42. The quantitative estimate of drug-likeness (QED) is 0.173. The second-order valence-electron chi connectivity index (χ2n) is 10.1. The number of hydrogen-bond donors (Lipinski definition) is 7. The molecule has 0 heterocycles. The highest BCUT2D eigenvalue weighted by atomic mass is 16.4. The lowest BCUT2D eigenvalue weighted by atomic mass is 9.99. The van der Waals surface area contributed by atoms with E-state index in [0.29, 0.717) is 5.56 Å². The van der Waals surface area contributed by atoms with Crippen LogP contribution in [-0.2, 0) is 30.4 Å². The fourth-order valence-corrected chi connectivity index (χ4v) is 3.71. The van der Waals surface area contributed by atoms with E-state index in [9.17, 15) is 39.3 Å². The van der Waals surface area contributed by atoms with Gasteiger partial charge in [-0.2, -0.15) is 0 Å². The van der Waals surface area contributed by atoms with Gasteiger partial charge in [0, 0.05) is 13.3 Å². The van der Waals surface area contributed by atoms with E-state index in [0.717, 1.165) is 0 Å². The molecule has 1 rings (SSSR count). The fraction of sp³-hybridized carbons (Fsp3) is 0.577. The summed E-state index contributed by atoms with van der Waals surface area (Å²) >= 11 is 0. The number of aromatic hydroxyl groups is 1. The summed E-state index contributed by atoms with van der Waals surface area (Å²) in [5, 5.41) is 39.1. The van der Waals surface area contributed by atoms with Crippen LogP contribution in [0.25, 0.3) is 0 Å². The molecule has 12 heteroatoms. The predicted octanol–water partition coefficient (Wildman–Crippen LogP) is 0.0613. The van der Waals surface area contributed by atoms with Crippen molar-refractivity contribution in [1.29, 1.82) is 0 Å². The summed E-state index contributed by atoms with van der Waals surface area (Å²) in [7, 11) is 0. The number of carboxylic acids is 1. The van der Waals surface area contributed by atoms with Gasteiger partial charge in [-0.25, -0.2) is 4.79 Å². The Bertz CT molecular complexity index is 978. The molecule has 0 fully saturated rings. The molecule has 0 aliphatic heterocycles. The Hall–Kier alpha value is -3.67. The molecule has 5 unspecified atom stereocenters. The van der Waals surface area contributed by atoms with Crippen molar-refractivity contribution in [2.24, 2.45) is 11.8 Å². The van der Waals surface area contributed by atoms with E-state index in [1.54, 1.807) is 26.0 Å². The SMILES string of the molecule is CC(=O)NC(Cc1ccc(O)cc1)C(=O)NC(C(=O)NC(C(=O)NC(CC(C)C)C(=O)O)C(C)C)C(C)O. The monoisotopic (exact) mass is 536 g/mol. The summed E-state index contributed by atoms with van der Waals surface area (Å²) in [6, 6.07) is 1.15. The van der Waals surface area contributed by atoms with Gasteiger partial charge in [0.25, 0.3) is 0 Å². The number of nitrogens with one attached hydrogen (secondary N) is 4. The average Bonchev–Trinajstić information content (AvgIpc) is 2.79. The Morgan fingerprint density at radius 2 is 1.29 bits per heavy atom. The number of benzene rings is 1. The van der Waals surface area contributed by atoms with E-state index in [4.69, 9.17) is 0 Å². The number of aliphatic carboxylic acids is 1. The smallest absolute Gasteiger partial charge is 0.326 e. The highest BCUT2D eigenvalue weighted by Crippen LogP contribution is 2.12. The first-order chi connectivity index (χ1) is 17.6. The van der Waals surface area contributed by atoms with E-state index >= 15 is 0 Å². The van der Waals surface area contributed by atoms with Crippen LogP contribution in [0.2, 0.25) is 0 Å². The molecule has 38 heavy (non-hydrogen) atoms. The largest absolute Gasteiger partial charge is 0.508 e. The molecule has 0 aliphatic carbocycles. The Labute approximate surface area is 222 Å². The number of hydrogen-bond acceptors (Lipinski definition) is 7. The van der Waals surface area contributed by atoms with Crippen molar-refractivity contribution < 1.29 is 39.3 Å². The van der Waals surface area contributed by atoms with Crippen LogP contribution in [0.15, 0.2) is 24.3 Å². The molecule has 0 radical (unpaired) electrons. The van der Waals surface area contributed by atoms with Gasteiger partial charge >= 0.3 is 5.97 Å². The van der Waals surface area contributed by atoms with Crippen molar-refractivity contribution in [2.45, 2.75) is 84.7 Å². The highest BCUT2D eigenvalue weighted by Gasteiger charge is 2.34. The zero-order valence-corrected chi connectivity index (χ0v) is 22.6. The van der Waals surface area contributed by atoms with Gasteiger partial charge in [-0.1, -0.05) is 39.8 Å². The molecule has 1 aromatic carbocycles. The number of carboxylic acid groups (broad SMARTS) is 1. The van der Waals surface area contributed by atoms with E-state index in [1.807, 2.05) is 13.8 Å². The number of amides is 4. The highest BCUT2D eigenvalue weighted by molar-refractivity contribution is 5.95. The molecule has 0 spiro atoms. The van der Waals surface area contributed by atoms with Crippen LogP contribution in [-0.4, -0.2) is 75.2 Å². The summed E-state index contributed by atoms with van der Waals surface area (Å²) in [6.45, 7) is 9.45. The Morgan fingerprint density at radius 1 is 0.763 bits per heavy atom. The maximum atomic E-state index is 13.1. The molecule has 5 atom stereocenters. The molecule has 212 valence electrons. The van der Waals surface area contributed by atoms with Crippen LogP contribution in [0.3, 0.4) is 0 Å². The van der Waals surface area contributed by atoms with Gasteiger partial charge in [0.2, 0.25) is 23.6 Å². The maximum absolute atomic E-state index is 13.1. The summed E-state index contributed by atoms with van der Waals surface area (Å²) in [6.07, 6.45) is -1.13. The van der Waals surface area contributed by atoms with Gasteiger partial charge in [-0.15, -0.1) is 0 Å². The topological polar surface area (TPSA) is 194 Å². The predicted molar refractivity (Wildman–Crippen MR) is 139 cm³/mol. The number of carbonyl (C=O) groups excluding carboxylic acids is 4. The zero-order chi connectivity index (χ0) is 29.2. The zero-order valence-electron chi connectivity index (χ0n) is 22.6. The minimum Gasteiger partial charge on any atom is -0.508 e. The summed E-state index contributed by atoms with van der Waals surface area (Å²) < 4.78 is 0. The minimum absolute atomic E-state index is 0.00328. The molecule has 12 nitrogen and oxygen atoms in total. The first kappa shape index (κ1) is 32.4. The number of aliphatic hydroxyl groups excluding tert-OH is 1. The van der Waals surface area contributed by atoms with E-state index < -0.39 is 65.8 Å². The second kappa shape index (κ2) is 14.9. The first-order valence-corrected chi connectivity index (χ1v) is 12.5. The van der Waals surface area contributed by atoms with Crippen LogP contribution in [0.5, 0.6) is 5.75 Å². The molecule has 7 N–H and O–H groups in total. The van der Waals surface area contributed by atoms with Crippen molar-refractivity contribution in [3.8, 4) is 5.75 Å². The lowest BCUT2D eigenvalue weighted by Crippen LogP contribution is -2.61. The van der Waals surface area contributed by atoms with Crippen molar-refractivity contribution in [3.63, 3.8) is 0 Å². The summed E-state index contributed by atoms with van der Waals surface area (Å²) in [4.78, 5) is 62.3. The van der Waals surface area contributed by atoms with Crippen LogP contribution in [0.4, 0.5) is 0 Å². The Morgan fingerprint density at radius 3 is 1.74 bits per heavy atom. The number of phenols is 1. The van der Waals surface area contributed by atoms with Crippen LogP contribution >= 0.6 is 0 Å². The Balaban J connectivity index is 3.04. The van der Waals surface area contributed by atoms with Gasteiger partial charge in [0.1, 0.15) is 29.9 Å². The molecule has 0 aromatic heterocycles. The Kier molecular flexibility index (Phi) is 12.7. The van der Waals surface area contributed by atoms with Gasteiger partial charge in [-0.05, 0) is 42.9 Å².